The Labute approximate surface area is 129 Å². The third kappa shape index (κ3) is 4.86. The largest absolute Gasteiger partial charge is 0.476 e. The van der Waals surface area contributed by atoms with Crippen LogP contribution in [0.15, 0.2) is 24.7 Å². The third-order valence-electron chi connectivity index (χ3n) is 2.69. The van der Waals surface area contributed by atoms with Crippen LogP contribution in [0.2, 0.25) is 5.02 Å². The minimum atomic E-state index is 0.435. The molecule has 0 aromatic carbocycles. The quantitative estimate of drug-likeness (QED) is 0.885. The molecule has 0 fully saturated rings. The first-order chi connectivity index (χ1) is 10.0. The molecule has 0 saturated carbocycles. The Bertz CT molecular complexity index is 604. The summed E-state index contributed by atoms with van der Waals surface area (Å²) in [5.41, 5.74) is 1.88. The molecule has 0 bridgehead atoms. The summed E-state index contributed by atoms with van der Waals surface area (Å²) in [4.78, 5) is 12.5. The monoisotopic (exact) mass is 306 g/mol. The van der Waals surface area contributed by atoms with E-state index in [-0.39, 0.29) is 0 Å². The van der Waals surface area contributed by atoms with E-state index in [0.29, 0.717) is 30.0 Å². The molecule has 0 aliphatic carbocycles. The predicted molar refractivity (Wildman–Crippen MR) is 83.7 cm³/mol. The fourth-order valence-corrected chi connectivity index (χ4v) is 1.90. The molecule has 0 saturated heterocycles. The van der Waals surface area contributed by atoms with Crippen LogP contribution in [0.25, 0.3) is 0 Å². The molecule has 0 aliphatic heterocycles. The third-order valence-corrected chi connectivity index (χ3v) is 2.97. The van der Waals surface area contributed by atoms with Crippen LogP contribution in [-0.2, 0) is 6.54 Å². The molecule has 2 heterocycles. The van der Waals surface area contributed by atoms with Crippen molar-refractivity contribution in [2.24, 2.45) is 5.92 Å². The first kappa shape index (κ1) is 15.5. The minimum absolute atomic E-state index is 0.435. The molecule has 0 spiro atoms. The molecule has 21 heavy (non-hydrogen) atoms. The van der Waals surface area contributed by atoms with E-state index in [1.807, 2.05) is 19.1 Å². The van der Waals surface area contributed by atoms with Crippen molar-refractivity contribution in [1.82, 2.24) is 15.0 Å². The number of aromatic nitrogens is 3. The predicted octanol–water partition coefficient (Wildman–Crippen LogP) is 3.48. The fourth-order valence-electron chi connectivity index (χ4n) is 1.66. The van der Waals surface area contributed by atoms with Gasteiger partial charge in [-0.15, -0.1) is 0 Å². The van der Waals surface area contributed by atoms with E-state index in [1.165, 1.54) is 6.33 Å². The first-order valence-corrected chi connectivity index (χ1v) is 7.22. The zero-order valence-electron chi connectivity index (χ0n) is 12.4. The maximum Gasteiger partial charge on any atom is 0.232 e. The van der Waals surface area contributed by atoms with Crippen molar-refractivity contribution in [3.05, 3.63) is 40.9 Å². The molecular formula is C15H19ClN4O. The van der Waals surface area contributed by atoms with Gasteiger partial charge in [-0.2, -0.15) is 0 Å². The number of halogens is 1. The van der Waals surface area contributed by atoms with Crippen LogP contribution in [0.4, 0.5) is 5.82 Å². The normalized spacial score (nSPS) is 10.7. The van der Waals surface area contributed by atoms with Crippen molar-refractivity contribution < 1.29 is 4.74 Å². The molecule has 0 atom stereocenters. The number of rotatable bonds is 6. The Kier molecular flexibility index (Phi) is 5.33. The van der Waals surface area contributed by atoms with Gasteiger partial charge >= 0.3 is 0 Å². The van der Waals surface area contributed by atoms with Crippen molar-refractivity contribution in [3.8, 4) is 5.88 Å². The molecule has 0 amide bonds. The number of hydrogen-bond donors (Lipinski definition) is 1. The molecule has 1 N–H and O–H groups in total. The maximum atomic E-state index is 6.18. The molecule has 5 nitrogen and oxygen atoms in total. The van der Waals surface area contributed by atoms with Crippen LogP contribution in [-0.4, -0.2) is 21.6 Å². The Morgan fingerprint density at radius 1 is 1.24 bits per heavy atom. The number of anilines is 1. The van der Waals surface area contributed by atoms with Gasteiger partial charge in [-0.25, -0.2) is 15.0 Å². The van der Waals surface area contributed by atoms with E-state index < -0.39 is 0 Å². The van der Waals surface area contributed by atoms with E-state index in [0.717, 1.165) is 17.1 Å². The van der Waals surface area contributed by atoms with Crippen LogP contribution < -0.4 is 10.1 Å². The average molecular weight is 307 g/mol. The number of nitrogens with zero attached hydrogens (tertiary/aromatic N) is 3. The summed E-state index contributed by atoms with van der Waals surface area (Å²) in [7, 11) is 0. The summed E-state index contributed by atoms with van der Waals surface area (Å²) in [6.07, 6.45) is 3.29. The summed E-state index contributed by atoms with van der Waals surface area (Å²) in [6.45, 7) is 7.27. The number of nitrogens with one attached hydrogen (secondary N) is 1. The SMILES string of the molecule is Cc1cc(NCc2cnc(OCC(C)C)c(Cl)c2)ncn1. The van der Waals surface area contributed by atoms with Gasteiger partial charge in [-0.1, -0.05) is 25.4 Å². The van der Waals surface area contributed by atoms with Crippen molar-refractivity contribution in [2.75, 3.05) is 11.9 Å². The van der Waals surface area contributed by atoms with Crippen molar-refractivity contribution >= 4 is 17.4 Å². The van der Waals surface area contributed by atoms with Gasteiger partial charge in [0, 0.05) is 24.5 Å². The zero-order valence-corrected chi connectivity index (χ0v) is 13.2. The highest BCUT2D eigenvalue weighted by molar-refractivity contribution is 6.31. The van der Waals surface area contributed by atoms with E-state index in [4.69, 9.17) is 16.3 Å². The smallest absolute Gasteiger partial charge is 0.232 e. The molecule has 2 aromatic rings. The van der Waals surface area contributed by atoms with E-state index in [1.54, 1.807) is 6.20 Å². The standard InChI is InChI=1S/C15H19ClN4O/c1-10(2)8-21-15-13(16)5-12(7-18-15)6-17-14-4-11(3)19-9-20-14/h4-5,7,9-10H,6,8H2,1-3H3,(H,17,19,20). The highest BCUT2D eigenvalue weighted by atomic mass is 35.5. The zero-order chi connectivity index (χ0) is 15.2. The van der Waals surface area contributed by atoms with Crippen LogP contribution in [0.1, 0.15) is 25.1 Å². The van der Waals surface area contributed by atoms with Crippen molar-refractivity contribution in [2.45, 2.75) is 27.3 Å². The van der Waals surface area contributed by atoms with Crippen LogP contribution in [0.3, 0.4) is 0 Å². The fraction of sp³-hybridized carbons (Fsp3) is 0.400. The Morgan fingerprint density at radius 3 is 2.71 bits per heavy atom. The molecule has 112 valence electrons. The summed E-state index contributed by atoms with van der Waals surface area (Å²) in [5.74, 6) is 1.69. The average Bonchev–Trinajstić information content (AvgIpc) is 2.44. The van der Waals surface area contributed by atoms with Gasteiger partial charge in [0.1, 0.15) is 17.2 Å². The second-order valence-electron chi connectivity index (χ2n) is 5.23. The number of hydrogen-bond acceptors (Lipinski definition) is 5. The lowest BCUT2D eigenvalue weighted by Crippen LogP contribution is -2.07. The highest BCUT2D eigenvalue weighted by Crippen LogP contribution is 2.23. The molecule has 6 heteroatoms. The number of ether oxygens (including phenoxy) is 1. The van der Waals surface area contributed by atoms with Gasteiger partial charge in [0.05, 0.1) is 6.61 Å². The summed E-state index contributed by atoms with van der Waals surface area (Å²) in [6, 6.07) is 3.74. The topological polar surface area (TPSA) is 59.9 Å². The molecule has 0 radical (unpaired) electrons. The lowest BCUT2D eigenvalue weighted by Gasteiger charge is -2.11. The minimum Gasteiger partial charge on any atom is -0.476 e. The lowest BCUT2D eigenvalue weighted by atomic mass is 10.2. The van der Waals surface area contributed by atoms with Crippen molar-refractivity contribution in [3.63, 3.8) is 0 Å². The Hall–Kier alpha value is -1.88. The van der Waals surface area contributed by atoms with Gasteiger partial charge in [-0.05, 0) is 24.5 Å². The van der Waals surface area contributed by atoms with Gasteiger partial charge in [0.2, 0.25) is 5.88 Å². The van der Waals surface area contributed by atoms with Gasteiger partial charge in [-0.3, -0.25) is 0 Å². The molecule has 2 rings (SSSR count). The van der Waals surface area contributed by atoms with E-state index in [2.05, 4.69) is 34.1 Å². The number of pyridine rings is 1. The summed E-state index contributed by atoms with van der Waals surface area (Å²) in [5, 5.41) is 3.73. The Morgan fingerprint density at radius 2 is 2.05 bits per heavy atom. The van der Waals surface area contributed by atoms with Crippen LogP contribution in [0.5, 0.6) is 5.88 Å². The first-order valence-electron chi connectivity index (χ1n) is 6.84. The van der Waals surface area contributed by atoms with Crippen molar-refractivity contribution in [1.29, 1.82) is 0 Å². The molecular weight excluding hydrogens is 288 g/mol. The van der Waals surface area contributed by atoms with Crippen LogP contribution in [0, 0.1) is 12.8 Å². The van der Waals surface area contributed by atoms with E-state index >= 15 is 0 Å². The lowest BCUT2D eigenvalue weighted by molar-refractivity contribution is 0.261. The maximum absolute atomic E-state index is 6.18. The van der Waals surface area contributed by atoms with Gasteiger partial charge < -0.3 is 10.1 Å². The second-order valence-corrected chi connectivity index (χ2v) is 5.64. The van der Waals surface area contributed by atoms with Gasteiger partial charge in [0.25, 0.3) is 0 Å². The second kappa shape index (κ2) is 7.22. The van der Waals surface area contributed by atoms with Crippen LogP contribution >= 0.6 is 11.6 Å². The molecule has 2 aromatic heterocycles. The highest BCUT2D eigenvalue weighted by Gasteiger charge is 2.06. The summed E-state index contributed by atoms with van der Waals surface area (Å²) >= 11 is 6.18. The summed E-state index contributed by atoms with van der Waals surface area (Å²) < 4.78 is 5.55. The number of aryl methyl sites for hydroxylation is 1. The van der Waals surface area contributed by atoms with E-state index in [9.17, 15) is 0 Å². The molecule has 0 aliphatic rings. The molecule has 0 unspecified atom stereocenters. The van der Waals surface area contributed by atoms with Gasteiger partial charge in [0.15, 0.2) is 0 Å². The Balaban J connectivity index is 1.97.